The average Bonchev–Trinajstić information content (AvgIpc) is 4.11. The van der Waals surface area contributed by atoms with Crippen molar-refractivity contribution < 1.29 is 40.6 Å². The fraction of sp³-hybridized carbons (Fsp3) is 0.571. The van der Waals surface area contributed by atoms with E-state index < -0.39 is 20.0 Å². The number of urea groups is 2. The lowest BCUT2D eigenvalue weighted by Gasteiger charge is -2.38. The number of amides is 4. The lowest BCUT2D eigenvalue weighted by atomic mass is 10.0. The highest BCUT2D eigenvalue weighted by molar-refractivity contribution is 7.89. The van der Waals surface area contributed by atoms with Crippen LogP contribution in [0.15, 0.2) is 76.5 Å². The van der Waals surface area contributed by atoms with Crippen LogP contribution < -0.4 is 40.8 Å². The van der Waals surface area contributed by atoms with Gasteiger partial charge in [0.1, 0.15) is 11.9 Å². The molecule has 4 aliphatic rings. The predicted molar refractivity (Wildman–Crippen MR) is 273 cm³/mol. The van der Waals surface area contributed by atoms with Crippen molar-refractivity contribution in [2.24, 2.45) is 0 Å². The van der Waals surface area contributed by atoms with E-state index in [0.717, 1.165) is 50.3 Å². The van der Waals surface area contributed by atoms with Crippen molar-refractivity contribution in [1.29, 1.82) is 5.26 Å². The molecule has 3 heterocycles. The molecule has 3 fully saturated rings. The number of likely N-dealkylation sites (tertiary alicyclic amines) is 2. The molecule has 3 aromatic rings. The van der Waals surface area contributed by atoms with Crippen LogP contribution in [0.3, 0.4) is 0 Å². The first kappa shape index (κ1) is 55.1. The second-order valence-electron chi connectivity index (χ2n) is 18.7. The first-order chi connectivity index (χ1) is 34.8. The second kappa shape index (κ2) is 27.1. The van der Waals surface area contributed by atoms with Gasteiger partial charge in [-0.2, -0.15) is 5.26 Å². The number of fused-ring (bicyclic) bond motifs is 1. The molecule has 394 valence electrons. The summed E-state index contributed by atoms with van der Waals surface area (Å²) in [6.45, 7) is 11.9. The molecule has 7 N–H and O–H groups in total. The molecular formula is C49H70ClN11O9S2. The highest BCUT2D eigenvalue weighted by Crippen LogP contribution is 2.41. The Balaban J connectivity index is 0.680. The number of sulfonamides is 2. The van der Waals surface area contributed by atoms with Gasteiger partial charge in [-0.25, -0.2) is 35.9 Å². The van der Waals surface area contributed by atoms with E-state index in [1.807, 2.05) is 6.07 Å². The zero-order valence-electron chi connectivity index (χ0n) is 41.0. The number of benzene rings is 3. The highest BCUT2D eigenvalue weighted by atomic mass is 35.5. The number of piperazine rings is 1. The Morgan fingerprint density at radius 1 is 0.736 bits per heavy atom. The molecule has 1 aliphatic carbocycles. The van der Waals surface area contributed by atoms with E-state index in [0.29, 0.717) is 127 Å². The van der Waals surface area contributed by atoms with Gasteiger partial charge >= 0.3 is 12.1 Å². The summed E-state index contributed by atoms with van der Waals surface area (Å²) in [5, 5.41) is 25.0. The maximum Gasteiger partial charge on any atom is 0.314 e. The lowest BCUT2D eigenvalue weighted by Crippen LogP contribution is -2.54. The number of hydrogen-bond acceptors (Lipinski definition) is 14. The van der Waals surface area contributed by atoms with Crippen molar-refractivity contribution in [3.8, 4) is 11.8 Å². The largest absolute Gasteiger partial charge is 0.484 e. The molecule has 3 saturated heterocycles. The Morgan fingerprint density at radius 2 is 1.29 bits per heavy atom. The number of ether oxygens (including phenoxy) is 3. The fourth-order valence-corrected chi connectivity index (χ4v) is 12.4. The first-order valence-electron chi connectivity index (χ1n) is 25.0. The number of carbonyl (C=O) groups excluding carboxylic acids is 2. The van der Waals surface area contributed by atoms with Gasteiger partial charge in [0.05, 0.1) is 53.9 Å². The van der Waals surface area contributed by atoms with E-state index in [1.165, 1.54) is 0 Å². The zero-order chi connectivity index (χ0) is 50.9. The van der Waals surface area contributed by atoms with Crippen LogP contribution >= 0.6 is 11.6 Å². The first-order valence-corrected chi connectivity index (χ1v) is 28.3. The third-order valence-corrected chi connectivity index (χ3v) is 16.6. The smallest absolute Gasteiger partial charge is 0.314 e. The van der Waals surface area contributed by atoms with Crippen LogP contribution in [0.5, 0.6) is 5.75 Å². The van der Waals surface area contributed by atoms with Gasteiger partial charge in [0.2, 0.25) is 20.0 Å². The maximum absolute atomic E-state index is 13.4. The van der Waals surface area contributed by atoms with E-state index in [9.17, 15) is 31.7 Å². The van der Waals surface area contributed by atoms with Gasteiger partial charge in [-0.05, 0) is 112 Å². The minimum atomic E-state index is -3.79. The summed E-state index contributed by atoms with van der Waals surface area (Å²) >= 11 is 6.45. The molecule has 4 amide bonds. The topological polar surface area (TPSA) is 248 Å². The molecule has 0 unspecified atom stereocenters. The third-order valence-electron chi connectivity index (χ3n) is 13.3. The molecule has 5 atom stereocenters. The van der Waals surface area contributed by atoms with Crippen molar-refractivity contribution in [2.45, 2.75) is 79.1 Å². The van der Waals surface area contributed by atoms with Crippen LogP contribution in [-0.2, 0) is 35.9 Å². The van der Waals surface area contributed by atoms with Gasteiger partial charge in [-0.3, -0.25) is 14.7 Å². The van der Waals surface area contributed by atoms with E-state index in [-0.39, 0.29) is 46.1 Å². The van der Waals surface area contributed by atoms with Gasteiger partial charge in [0.25, 0.3) is 0 Å². The number of nitriles is 1. The van der Waals surface area contributed by atoms with Gasteiger partial charge in [0, 0.05) is 95.1 Å². The minimum Gasteiger partial charge on any atom is -0.484 e. The lowest BCUT2D eigenvalue weighted by molar-refractivity contribution is 0.0595. The number of nitrogens with zero attached hydrogens (tertiary/aromatic N) is 4. The van der Waals surface area contributed by atoms with Crippen LogP contribution in [0.4, 0.5) is 9.59 Å². The molecule has 0 saturated carbocycles. The van der Waals surface area contributed by atoms with E-state index in [4.69, 9.17) is 25.8 Å². The number of carbonyl (C=O) groups is 2. The monoisotopic (exact) mass is 1060 g/mol. The molecular weight excluding hydrogens is 986 g/mol. The number of rotatable bonds is 26. The quantitative estimate of drug-likeness (QED) is 0.0571. The molecule has 72 heavy (non-hydrogen) atoms. The summed E-state index contributed by atoms with van der Waals surface area (Å²) < 4.78 is 75.7. The Bertz CT molecular complexity index is 2510. The molecule has 0 radical (unpaired) electrons. The summed E-state index contributed by atoms with van der Waals surface area (Å²) in [7, 11) is -7.34. The summed E-state index contributed by atoms with van der Waals surface area (Å²) in [4.78, 5) is 31.4. The zero-order valence-corrected chi connectivity index (χ0v) is 43.3. The Hall–Kier alpha value is -4.64. The standard InChI is InChI=1S/C49H70ClN11O9S2/c1-36-33-61(22-17-52-36)46-31-44-37(32-51)29-38(50)30-45(44)47(46)70-41-9-11-43(12-10-41)72(66,67)58-40-14-21-60(35-40)24-28-69-26-19-56-49(63)54-16-6-5-15-53-48(62)55-18-25-68-27-23-59-20-13-39(34-59)57-71(64,65)42-7-3-2-4-8-42/h2-4,7-12,29-30,36,39-40,46-47,52,57-58H,5-6,13-28,31,33-35H2,1H3,(H2,53,55,62)(H2,54,56,63)/t36-,39+,40+,46-,47-/m0/s1. The van der Waals surface area contributed by atoms with E-state index >= 15 is 0 Å². The Morgan fingerprint density at radius 3 is 1.85 bits per heavy atom. The number of hydrogen-bond donors (Lipinski definition) is 7. The van der Waals surface area contributed by atoms with E-state index in [2.05, 4.69) is 63.7 Å². The van der Waals surface area contributed by atoms with Crippen LogP contribution in [-0.4, -0.2) is 179 Å². The van der Waals surface area contributed by atoms with Crippen LogP contribution in [0.1, 0.15) is 55.4 Å². The normalized spacial score (nSPS) is 21.8. The van der Waals surface area contributed by atoms with Crippen molar-refractivity contribution in [2.75, 3.05) is 112 Å². The summed E-state index contributed by atoms with van der Waals surface area (Å²) in [5.41, 5.74) is 2.39. The SMILES string of the molecule is C[C@H]1CN([C@H]2Cc3c(C#N)cc(Cl)cc3[C@@H]2Oc2ccc(S(=O)(=O)N[C@@H]3CCN(CCOCCNC(=O)NCCCCNC(=O)NCCOCCN4CC[C@@H](NS(=O)(=O)c5ccccc5)C4)C3)cc2)CCN1. The van der Waals surface area contributed by atoms with Crippen LogP contribution in [0.25, 0.3) is 0 Å². The molecule has 20 nitrogen and oxygen atoms in total. The van der Waals surface area contributed by atoms with Gasteiger partial charge < -0.3 is 40.8 Å². The van der Waals surface area contributed by atoms with Crippen LogP contribution in [0, 0.1) is 11.3 Å². The Kier molecular flexibility index (Phi) is 20.7. The molecule has 0 bridgehead atoms. The van der Waals surface area contributed by atoms with Gasteiger partial charge in [-0.15, -0.1) is 0 Å². The van der Waals surface area contributed by atoms with Gasteiger partial charge in [0.15, 0.2) is 0 Å². The third kappa shape index (κ3) is 16.4. The molecule has 0 aromatic heterocycles. The predicted octanol–water partition coefficient (Wildman–Crippen LogP) is 2.37. The minimum absolute atomic E-state index is 0.00325. The fourth-order valence-electron chi connectivity index (χ4n) is 9.61. The Labute approximate surface area is 429 Å². The second-order valence-corrected chi connectivity index (χ2v) is 22.6. The number of nitrogens with one attached hydrogen (secondary N) is 7. The maximum atomic E-state index is 13.4. The summed E-state index contributed by atoms with van der Waals surface area (Å²) in [5.74, 6) is 0.531. The van der Waals surface area contributed by atoms with E-state index in [1.54, 1.807) is 60.7 Å². The molecule has 3 aliphatic heterocycles. The molecule has 7 rings (SSSR count). The van der Waals surface area contributed by atoms with Gasteiger partial charge in [-0.1, -0.05) is 29.8 Å². The van der Waals surface area contributed by atoms with Crippen molar-refractivity contribution >= 4 is 43.7 Å². The number of halogens is 1. The molecule has 0 spiro atoms. The summed E-state index contributed by atoms with van der Waals surface area (Å²) in [6.07, 6.45) is 3.05. The van der Waals surface area contributed by atoms with Crippen LogP contribution in [0.2, 0.25) is 5.02 Å². The number of unbranched alkanes of at least 4 members (excludes halogenated alkanes) is 1. The summed E-state index contributed by atoms with van der Waals surface area (Å²) in [6, 6.07) is 20.0. The molecule has 23 heteroatoms. The highest BCUT2D eigenvalue weighted by Gasteiger charge is 2.41. The van der Waals surface area contributed by atoms with Crippen molar-refractivity contribution in [3.05, 3.63) is 88.4 Å². The van der Waals surface area contributed by atoms with Crippen molar-refractivity contribution in [1.82, 2.24) is 50.7 Å². The van der Waals surface area contributed by atoms with Crippen molar-refractivity contribution in [3.63, 3.8) is 0 Å². The molecule has 3 aromatic carbocycles. The average molecular weight is 1060 g/mol.